The summed E-state index contributed by atoms with van der Waals surface area (Å²) in [5.74, 6) is -0.225. The van der Waals surface area contributed by atoms with Crippen molar-refractivity contribution in [1.82, 2.24) is 0 Å². The van der Waals surface area contributed by atoms with E-state index in [1.807, 2.05) is 0 Å². The number of benzene rings is 2. The highest BCUT2D eigenvalue weighted by Crippen LogP contribution is 2.40. The topological polar surface area (TPSA) is 52.6 Å². The molecule has 2 aromatic rings. The zero-order valence-electron chi connectivity index (χ0n) is 15.7. The van der Waals surface area contributed by atoms with Crippen LogP contribution in [-0.4, -0.2) is 11.8 Å². The van der Waals surface area contributed by atoms with Gasteiger partial charge in [-0.1, -0.05) is 37.5 Å². The number of esters is 1. The molecule has 0 spiro atoms. The Morgan fingerprint density at radius 1 is 1.14 bits per heavy atom. The summed E-state index contributed by atoms with van der Waals surface area (Å²) < 4.78 is 25.2. The molecule has 1 saturated carbocycles. The molecule has 0 aromatic heterocycles. The molecule has 0 bridgehead atoms. The Bertz CT molecular complexity index is 971. The van der Waals surface area contributed by atoms with E-state index in [9.17, 15) is 14.0 Å². The number of Topliss-reactive ketones (excluding diaryl/α,β-unsaturated/α-hetero) is 1. The van der Waals surface area contributed by atoms with E-state index in [4.69, 9.17) is 9.47 Å². The predicted octanol–water partition coefficient (Wildman–Crippen LogP) is 5.24. The lowest BCUT2D eigenvalue weighted by atomic mass is 9.89. The number of ether oxygens (including phenoxy) is 2. The van der Waals surface area contributed by atoms with Crippen LogP contribution in [0, 0.1) is 18.7 Å². The van der Waals surface area contributed by atoms with Crippen molar-refractivity contribution in [3.63, 3.8) is 0 Å². The van der Waals surface area contributed by atoms with Gasteiger partial charge in [-0.3, -0.25) is 9.59 Å². The minimum Gasteiger partial charge on any atom is -0.452 e. The second-order valence-corrected chi connectivity index (χ2v) is 7.28. The summed E-state index contributed by atoms with van der Waals surface area (Å²) in [4.78, 5) is 25.1. The highest BCUT2D eigenvalue weighted by molar-refractivity contribution is 6.15. The van der Waals surface area contributed by atoms with Gasteiger partial charge in [0, 0.05) is 11.1 Å². The van der Waals surface area contributed by atoms with Gasteiger partial charge in [-0.2, -0.15) is 0 Å². The second kappa shape index (κ2) is 7.58. The molecule has 4 rings (SSSR count). The maximum absolute atomic E-state index is 13.9. The number of halogens is 1. The van der Waals surface area contributed by atoms with E-state index in [1.54, 1.807) is 37.3 Å². The van der Waals surface area contributed by atoms with Crippen LogP contribution in [0.2, 0.25) is 0 Å². The molecule has 0 amide bonds. The maximum Gasteiger partial charge on any atom is 0.314 e. The van der Waals surface area contributed by atoms with Crippen LogP contribution in [0.25, 0.3) is 6.08 Å². The van der Waals surface area contributed by atoms with Gasteiger partial charge in [0.1, 0.15) is 17.3 Å². The van der Waals surface area contributed by atoms with E-state index < -0.39 is 5.82 Å². The minimum absolute atomic E-state index is 0.0546. The summed E-state index contributed by atoms with van der Waals surface area (Å²) in [5.41, 5.74) is 1.25. The summed E-state index contributed by atoms with van der Waals surface area (Å²) in [6, 6.07) is 9.40. The van der Waals surface area contributed by atoms with E-state index in [2.05, 4.69) is 0 Å². The lowest BCUT2D eigenvalue weighted by molar-refractivity contribution is -0.140. The predicted molar refractivity (Wildman–Crippen MR) is 103 cm³/mol. The first-order valence-electron chi connectivity index (χ1n) is 9.58. The average Bonchev–Trinajstić information content (AvgIpc) is 3.03. The van der Waals surface area contributed by atoms with E-state index >= 15 is 0 Å². The monoisotopic (exact) mass is 380 g/mol. The Labute approximate surface area is 163 Å². The van der Waals surface area contributed by atoms with Crippen LogP contribution in [0.4, 0.5) is 4.39 Å². The standard InChI is InChI=1S/C23H21FO4/c1-14-19(28-23(26)15-7-3-2-4-8-15)12-11-17-21(25)20(27-22(14)17)13-16-9-5-6-10-18(16)24/h5-6,9-13,15H,2-4,7-8H2,1H3/b20-13-. The summed E-state index contributed by atoms with van der Waals surface area (Å²) in [7, 11) is 0. The smallest absolute Gasteiger partial charge is 0.314 e. The summed E-state index contributed by atoms with van der Waals surface area (Å²) in [6.07, 6.45) is 6.36. The summed E-state index contributed by atoms with van der Waals surface area (Å²) in [6.45, 7) is 1.75. The fourth-order valence-corrected chi connectivity index (χ4v) is 3.74. The number of ketones is 1. The lowest BCUT2D eigenvalue weighted by Crippen LogP contribution is -2.23. The molecular formula is C23H21FO4. The van der Waals surface area contributed by atoms with Crippen LogP contribution in [0.3, 0.4) is 0 Å². The molecule has 1 heterocycles. The molecule has 5 heteroatoms. The number of carbonyl (C=O) groups excluding carboxylic acids is 2. The van der Waals surface area contributed by atoms with Gasteiger partial charge in [0.2, 0.25) is 5.78 Å². The SMILES string of the molecule is Cc1c(OC(=O)C2CCCCC2)ccc2c1O/C(=C\c1ccccc1F)C2=O. The molecule has 28 heavy (non-hydrogen) atoms. The number of hydrogen-bond acceptors (Lipinski definition) is 4. The summed E-state index contributed by atoms with van der Waals surface area (Å²) in [5, 5.41) is 0. The fourth-order valence-electron chi connectivity index (χ4n) is 3.74. The van der Waals surface area contributed by atoms with Crippen LogP contribution < -0.4 is 9.47 Å². The zero-order valence-corrected chi connectivity index (χ0v) is 15.7. The number of allylic oxidation sites excluding steroid dienone is 1. The van der Waals surface area contributed by atoms with Gasteiger partial charge in [0.05, 0.1) is 11.5 Å². The van der Waals surface area contributed by atoms with Crippen LogP contribution in [0.5, 0.6) is 11.5 Å². The van der Waals surface area contributed by atoms with E-state index in [1.165, 1.54) is 12.1 Å². The third kappa shape index (κ3) is 3.44. The van der Waals surface area contributed by atoms with Gasteiger partial charge in [0.15, 0.2) is 5.76 Å². The molecular weight excluding hydrogens is 359 g/mol. The van der Waals surface area contributed by atoms with Crippen molar-refractivity contribution >= 4 is 17.8 Å². The van der Waals surface area contributed by atoms with E-state index in [0.29, 0.717) is 22.6 Å². The molecule has 0 unspecified atom stereocenters. The molecule has 2 aliphatic rings. The van der Waals surface area contributed by atoms with Crippen molar-refractivity contribution in [3.8, 4) is 11.5 Å². The van der Waals surface area contributed by atoms with Crippen molar-refractivity contribution < 1.29 is 23.5 Å². The third-order valence-corrected chi connectivity index (χ3v) is 5.38. The Morgan fingerprint density at radius 2 is 1.89 bits per heavy atom. The highest BCUT2D eigenvalue weighted by Gasteiger charge is 2.31. The molecule has 1 aliphatic carbocycles. The van der Waals surface area contributed by atoms with Crippen LogP contribution >= 0.6 is 0 Å². The number of carbonyl (C=O) groups is 2. The van der Waals surface area contributed by atoms with E-state index in [0.717, 1.165) is 32.1 Å². The molecule has 2 aromatic carbocycles. The third-order valence-electron chi connectivity index (χ3n) is 5.38. The summed E-state index contributed by atoms with van der Waals surface area (Å²) >= 11 is 0. The largest absolute Gasteiger partial charge is 0.452 e. The molecule has 1 fully saturated rings. The van der Waals surface area contributed by atoms with Crippen LogP contribution in [-0.2, 0) is 4.79 Å². The van der Waals surface area contributed by atoms with Crippen molar-refractivity contribution in [2.45, 2.75) is 39.0 Å². The first kappa shape index (κ1) is 18.4. The Balaban J connectivity index is 1.58. The van der Waals surface area contributed by atoms with Crippen LogP contribution in [0.1, 0.15) is 53.6 Å². The minimum atomic E-state index is -0.429. The molecule has 144 valence electrons. The van der Waals surface area contributed by atoms with Crippen LogP contribution in [0.15, 0.2) is 42.2 Å². The second-order valence-electron chi connectivity index (χ2n) is 7.28. The van der Waals surface area contributed by atoms with Gasteiger partial charge >= 0.3 is 5.97 Å². The fraction of sp³-hybridized carbons (Fsp3) is 0.304. The Kier molecular flexibility index (Phi) is 4.99. The van der Waals surface area contributed by atoms with Crippen molar-refractivity contribution in [2.24, 2.45) is 5.92 Å². The van der Waals surface area contributed by atoms with Gasteiger partial charge in [0.25, 0.3) is 0 Å². The van der Waals surface area contributed by atoms with Gasteiger partial charge in [-0.15, -0.1) is 0 Å². The molecule has 0 N–H and O–H groups in total. The van der Waals surface area contributed by atoms with Crippen molar-refractivity contribution in [2.75, 3.05) is 0 Å². The highest BCUT2D eigenvalue weighted by atomic mass is 19.1. The molecule has 0 saturated heterocycles. The van der Waals surface area contributed by atoms with E-state index in [-0.39, 0.29) is 29.0 Å². The van der Waals surface area contributed by atoms with Crippen molar-refractivity contribution in [3.05, 3.63) is 64.7 Å². The number of hydrogen-bond donors (Lipinski definition) is 0. The van der Waals surface area contributed by atoms with Gasteiger partial charge in [-0.25, -0.2) is 4.39 Å². The average molecular weight is 380 g/mol. The Hall–Kier alpha value is -2.95. The van der Waals surface area contributed by atoms with Crippen molar-refractivity contribution in [1.29, 1.82) is 0 Å². The number of fused-ring (bicyclic) bond motifs is 1. The molecule has 1 aliphatic heterocycles. The molecule has 0 atom stereocenters. The molecule has 0 radical (unpaired) electrons. The van der Waals surface area contributed by atoms with Gasteiger partial charge in [-0.05, 0) is 44.0 Å². The first-order chi connectivity index (χ1) is 13.5. The molecule has 4 nitrogen and oxygen atoms in total. The zero-order chi connectivity index (χ0) is 19.7. The normalized spacial score (nSPS) is 18.1. The maximum atomic E-state index is 13.9. The quantitative estimate of drug-likeness (QED) is 0.415. The van der Waals surface area contributed by atoms with Gasteiger partial charge < -0.3 is 9.47 Å². The Morgan fingerprint density at radius 3 is 2.64 bits per heavy atom. The number of rotatable bonds is 3. The first-order valence-corrected chi connectivity index (χ1v) is 9.58. The lowest BCUT2D eigenvalue weighted by Gasteiger charge is -2.20.